The van der Waals surface area contributed by atoms with Gasteiger partial charge in [0, 0.05) is 12.5 Å². The Morgan fingerprint density at radius 2 is 1.95 bits per heavy atom. The standard InChI is InChI=1S/C18H30O2Si/c1-17(2)9-7-10-18(3)13-8-11-19-16(13)14(12-15(17)18)20-21(4,5)6/h7,10,12-13,15-16H,8-9,11H2,1-6H3/t13-,15-,16+,18-/m1/s1. The summed E-state index contributed by atoms with van der Waals surface area (Å²) in [5.41, 5.74) is 0.514. The Morgan fingerprint density at radius 3 is 2.62 bits per heavy atom. The average Bonchev–Trinajstić information content (AvgIpc) is 2.80. The van der Waals surface area contributed by atoms with Crippen molar-refractivity contribution >= 4 is 8.32 Å². The first kappa shape index (κ1) is 15.4. The molecule has 2 aliphatic carbocycles. The predicted octanol–water partition coefficient (Wildman–Crippen LogP) is 4.75. The van der Waals surface area contributed by atoms with E-state index < -0.39 is 8.32 Å². The normalized spacial score (nSPS) is 41.2. The van der Waals surface area contributed by atoms with Crippen LogP contribution in [0.1, 0.15) is 33.6 Å². The van der Waals surface area contributed by atoms with Gasteiger partial charge in [0.1, 0.15) is 11.9 Å². The third-order valence-electron chi connectivity index (χ3n) is 5.56. The molecule has 3 aliphatic rings. The zero-order valence-corrected chi connectivity index (χ0v) is 15.4. The van der Waals surface area contributed by atoms with Crippen LogP contribution in [0.2, 0.25) is 19.6 Å². The van der Waals surface area contributed by atoms with E-state index in [1.807, 2.05) is 0 Å². The summed E-state index contributed by atoms with van der Waals surface area (Å²) in [4.78, 5) is 0. The van der Waals surface area contributed by atoms with Gasteiger partial charge < -0.3 is 9.16 Å². The Kier molecular flexibility index (Phi) is 3.45. The van der Waals surface area contributed by atoms with Gasteiger partial charge in [-0.25, -0.2) is 0 Å². The molecule has 0 saturated carbocycles. The zero-order chi connectivity index (χ0) is 15.5. The van der Waals surface area contributed by atoms with Crippen LogP contribution in [0.25, 0.3) is 0 Å². The summed E-state index contributed by atoms with van der Waals surface area (Å²) < 4.78 is 12.5. The highest BCUT2D eigenvalue weighted by atomic mass is 28.4. The molecule has 2 nitrogen and oxygen atoms in total. The molecule has 1 heterocycles. The van der Waals surface area contributed by atoms with Crippen LogP contribution in [0.4, 0.5) is 0 Å². The molecule has 1 aliphatic heterocycles. The van der Waals surface area contributed by atoms with Gasteiger partial charge in [0.15, 0.2) is 0 Å². The van der Waals surface area contributed by atoms with E-state index in [-0.39, 0.29) is 11.5 Å². The number of hydrogen-bond donors (Lipinski definition) is 0. The van der Waals surface area contributed by atoms with Crippen molar-refractivity contribution in [2.24, 2.45) is 22.7 Å². The Balaban J connectivity index is 2.05. The highest BCUT2D eigenvalue weighted by Crippen LogP contribution is 2.59. The van der Waals surface area contributed by atoms with E-state index >= 15 is 0 Å². The summed E-state index contributed by atoms with van der Waals surface area (Å²) >= 11 is 0. The Hall–Kier alpha value is -0.543. The number of allylic oxidation sites excluding steroid dienone is 3. The third-order valence-corrected chi connectivity index (χ3v) is 6.41. The average molecular weight is 307 g/mol. The molecule has 118 valence electrons. The van der Waals surface area contributed by atoms with Gasteiger partial charge in [-0.15, -0.1) is 0 Å². The highest BCUT2D eigenvalue weighted by molar-refractivity contribution is 6.70. The van der Waals surface area contributed by atoms with Crippen LogP contribution in [0.3, 0.4) is 0 Å². The Bertz CT molecular complexity index is 486. The van der Waals surface area contributed by atoms with Crippen molar-refractivity contribution in [3.05, 3.63) is 24.0 Å². The SMILES string of the molecule is CC1(C)CC=C[C@]2(C)[C@@H]3CCO[C@@H]3C(O[Si](C)(C)C)=C[C@H]12. The molecule has 4 atom stereocenters. The summed E-state index contributed by atoms with van der Waals surface area (Å²) in [6.07, 6.45) is 9.78. The number of hydrogen-bond acceptors (Lipinski definition) is 2. The maximum Gasteiger partial charge on any atom is 0.241 e. The third kappa shape index (κ3) is 2.53. The fourth-order valence-electron chi connectivity index (χ4n) is 4.66. The topological polar surface area (TPSA) is 18.5 Å². The lowest BCUT2D eigenvalue weighted by molar-refractivity contribution is -0.00546. The molecule has 1 saturated heterocycles. The van der Waals surface area contributed by atoms with Crippen molar-refractivity contribution in [1.82, 2.24) is 0 Å². The summed E-state index contributed by atoms with van der Waals surface area (Å²) in [6.45, 7) is 14.9. The van der Waals surface area contributed by atoms with Crippen LogP contribution in [0.5, 0.6) is 0 Å². The van der Waals surface area contributed by atoms with E-state index in [1.165, 1.54) is 0 Å². The molecule has 0 bridgehead atoms. The Morgan fingerprint density at radius 1 is 1.24 bits per heavy atom. The minimum atomic E-state index is -1.60. The summed E-state index contributed by atoms with van der Waals surface area (Å²) in [5.74, 6) is 2.25. The second kappa shape index (κ2) is 4.72. The Labute approximate surface area is 130 Å². The van der Waals surface area contributed by atoms with Gasteiger partial charge in [0.25, 0.3) is 0 Å². The van der Waals surface area contributed by atoms with Crippen LogP contribution in [-0.2, 0) is 9.16 Å². The predicted molar refractivity (Wildman–Crippen MR) is 89.5 cm³/mol. The maximum absolute atomic E-state index is 6.43. The van der Waals surface area contributed by atoms with Gasteiger partial charge in [-0.05, 0) is 55.3 Å². The largest absolute Gasteiger partial charge is 0.546 e. The number of fused-ring (bicyclic) bond motifs is 3. The summed E-state index contributed by atoms with van der Waals surface area (Å²) in [6, 6.07) is 0. The quantitative estimate of drug-likeness (QED) is 0.541. The summed E-state index contributed by atoms with van der Waals surface area (Å²) in [5, 5.41) is 0. The number of ether oxygens (including phenoxy) is 1. The lowest BCUT2D eigenvalue weighted by Crippen LogP contribution is -2.50. The minimum absolute atomic E-state index is 0.177. The molecule has 0 aromatic rings. The van der Waals surface area contributed by atoms with E-state index in [1.54, 1.807) is 0 Å². The van der Waals surface area contributed by atoms with Gasteiger partial charge in [-0.1, -0.05) is 32.9 Å². The molecule has 0 N–H and O–H groups in total. The molecule has 3 heteroatoms. The van der Waals surface area contributed by atoms with E-state index in [9.17, 15) is 0 Å². The van der Waals surface area contributed by atoms with Gasteiger partial charge >= 0.3 is 0 Å². The van der Waals surface area contributed by atoms with Crippen molar-refractivity contribution in [2.75, 3.05) is 6.61 Å². The van der Waals surface area contributed by atoms with Crippen molar-refractivity contribution < 1.29 is 9.16 Å². The maximum atomic E-state index is 6.43. The first-order chi connectivity index (χ1) is 9.63. The van der Waals surface area contributed by atoms with Crippen molar-refractivity contribution in [1.29, 1.82) is 0 Å². The van der Waals surface area contributed by atoms with E-state index in [0.717, 1.165) is 25.2 Å². The van der Waals surface area contributed by atoms with Crippen LogP contribution in [-0.4, -0.2) is 21.0 Å². The molecule has 0 spiro atoms. The monoisotopic (exact) mass is 306 g/mol. The fraction of sp³-hybridized carbons (Fsp3) is 0.778. The van der Waals surface area contributed by atoms with Crippen molar-refractivity contribution in [2.45, 2.75) is 59.4 Å². The second-order valence-corrected chi connectivity index (χ2v) is 13.3. The van der Waals surface area contributed by atoms with Crippen LogP contribution >= 0.6 is 0 Å². The van der Waals surface area contributed by atoms with Gasteiger partial charge in [0.2, 0.25) is 8.32 Å². The van der Waals surface area contributed by atoms with Crippen molar-refractivity contribution in [3.63, 3.8) is 0 Å². The van der Waals surface area contributed by atoms with Crippen LogP contribution in [0.15, 0.2) is 24.0 Å². The minimum Gasteiger partial charge on any atom is -0.546 e. The molecule has 0 radical (unpaired) electrons. The molecule has 0 aromatic carbocycles. The second-order valence-electron chi connectivity index (χ2n) is 8.91. The molecular weight excluding hydrogens is 276 g/mol. The van der Waals surface area contributed by atoms with Crippen LogP contribution < -0.4 is 0 Å². The summed E-state index contributed by atoms with van der Waals surface area (Å²) in [7, 11) is -1.60. The first-order valence-electron chi connectivity index (χ1n) is 8.33. The molecule has 21 heavy (non-hydrogen) atoms. The number of rotatable bonds is 2. The smallest absolute Gasteiger partial charge is 0.241 e. The van der Waals surface area contributed by atoms with Gasteiger partial charge in [-0.2, -0.15) is 0 Å². The molecule has 0 unspecified atom stereocenters. The van der Waals surface area contributed by atoms with Gasteiger partial charge in [0.05, 0.1) is 0 Å². The zero-order valence-electron chi connectivity index (χ0n) is 14.4. The molecule has 1 fully saturated rings. The van der Waals surface area contributed by atoms with Crippen molar-refractivity contribution in [3.8, 4) is 0 Å². The molecular formula is C18H30O2Si. The first-order valence-corrected chi connectivity index (χ1v) is 11.7. The fourth-order valence-corrected chi connectivity index (χ4v) is 5.55. The van der Waals surface area contributed by atoms with E-state index in [2.05, 4.69) is 58.6 Å². The van der Waals surface area contributed by atoms with Gasteiger partial charge in [-0.3, -0.25) is 0 Å². The highest BCUT2D eigenvalue weighted by Gasteiger charge is 2.55. The van der Waals surface area contributed by atoms with E-state index in [4.69, 9.17) is 9.16 Å². The lowest BCUT2D eigenvalue weighted by atomic mass is 9.52. The lowest BCUT2D eigenvalue weighted by Gasteiger charge is -2.53. The van der Waals surface area contributed by atoms with Crippen LogP contribution in [0, 0.1) is 22.7 Å². The molecule has 3 rings (SSSR count). The van der Waals surface area contributed by atoms with E-state index in [0.29, 0.717) is 17.3 Å². The molecule has 0 amide bonds. The molecule has 0 aromatic heterocycles.